The lowest BCUT2D eigenvalue weighted by Crippen LogP contribution is -2.57. The van der Waals surface area contributed by atoms with Gasteiger partial charge in [0.15, 0.2) is 0 Å². The Bertz CT molecular complexity index is 1540. The van der Waals surface area contributed by atoms with E-state index in [1.807, 2.05) is 48.5 Å². The summed E-state index contributed by atoms with van der Waals surface area (Å²) in [5.74, 6) is -5.28. The molecule has 7 atom stereocenters. The van der Waals surface area contributed by atoms with Gasteiger partial charge in [0.25, 0.3) is 0 Å². The smallest absolute Gasteiger partial charge is 0.408 e. The van der Waals surface area contributed by atoms with Gasteiger partial charge in [0.05, 0.1) is 13.1 Å². The zero-order valence-electron chi connectivity index (χ0n) is 40.6. The molecule has 0 heterocycles. The molecule has 19 nitrogen and oxygen atoms in total. The summed E-state index contributed by atoms with van der Waals surface area (Å²) in [6, 6.07) is -5.48. The molecular weight excluding hydrogens is 817 g/mol. The van der Waals surface area contributed by atoms with Crippen LogP contribution in [0.4, 0.5) is 4.79 Å². The number of hydrogen-bond donors (Lipinski definition) is 8. The monoisotopic (exact) mass is 897 g/mol. The molecule has 19 heteroatoms. The molecule has 0 aliphatic heterocycles. The molecule has 0 spiro atoms. The molecule has 0 aromatic carbocycles. The van der Waals surface area contributed by atoms with Crippen LogP contribution in [-0.2, 0) is 47.8 Å². The highest BCUT2D eigenvalue weighted by molar-refractivity contribution is 5.96. The van der Waals surface area contributed by atoms with Crippen LogP contribution < -0.4 is 42.5 Å². The van der Waals surface area contributed by atoms with Gasteiger partial charge < -0.3 is 52.0 Å². The fourth-order valence-corrected chi connectivity index (χ4v) is 5.77. The molecule has 0 radical (unpaired) electrons. The van der Waals surface area contributed by atoms with Crippen LogP contribution in [0.3, 0.4) is 0 Å². The van der Waals surface area contributed by atoms with Crippen LogP contribution in [0.15, 0.2) is 0 Å². The van der Waals surface area contributed by atoms with Gasteiger partial charge >= 0.3 is 12.1 Å². The van der Waals surface area contributed by atoms with Crippen LogP contribution in [0.5, 0.6) is 0 Å². The molecular formula is C44H80N8O11. The Kier molecular flexibility index (Phi) is 25.7. The van der Waals surface area contributed by atoms with E-state index in [-0.39, 0.29) is 42.9 Å². The minimum Gasteiger partial charge on any atom is -0.460 e. The van der Waals surface area contributed by atoms with Gasteiger partial charge in [0, 0.05) is 13.0 Å². The number of carbonyl (C=O) groups is 9. The fraction of sp³-hybridized carbons (Fsp3) is 0.795. The van der Waals surface area contributed by atoms with Gasteiger partial charge in [-0.3, -0.25) is 38.4 Å². The SMILES string of the molecule is CC[C@H](C)[C@H](NC(=O)CNC(=O)[C@H](C)NC(=O)[C@H](CC(C)C)NC(=O)[C@H](CCC(=O)OC(C)(C)C)NC(=O)OC(C)(C)C)C(=O)NCC(=O)N[C@H](C(=O)NCCC(C)C)[C@@H](C)CC. The van der Waals surface area contributed by atoms with Crippen LogP contribution in [0.2, 0.25) is 0 Å². The van der Waals surface area contributed by atoms with E-state index in [4.69, 9.17) is 9.47 Å². The molecule has 0 fully saturated rings. The van der Waals surface area contributed by atoms with Crippen LogP contribution >= 0.6 is 0 Å². The van der Waals surface area contributed by atoms with Crippen molar-refractivity contribution in [2.75, 3.05) is 19.6 Å². The van der Waals surface area contributed by atoms with E-state index >= 15 is 0 Å². The van der Waals surface area contributed by atoms with Gasteiger partial charge in [0.2, 0.25) is 41.4 Å². The Morgan fingerprint density at radius 1 is 0.492 bits per heavy atom. The maximum absolute atomic E-state index is 13.6. The maximum Gasteiger partial charge on any atom is 0.408 e. The topological polar surface area (TPSA) is 268 Å². The molecule has 63 heavy (non-hydrogen) atoms. The van der Waals surface area contributed by atoms with E-state index in [2.05, 4.69) is 42.5 Å². The normalized spacial score (nSPS) is 14.9. The van der Waals surface area contributed by atoms with E-state index in [0.717, 1.165) is 6.42 Å². The first-order chi connectivity index (χ1) is 29.0. The second-order valence-electron chi connectivity index (χ2n) is 19.0. The maximum atomic E-state index is 13.6. The standard InChI is InChI=1S/C44H80N8O11/c1-16-27(7)35(40(59)45-21-20-25(3)4)51-33(54)24-47-41(60)36(28(8)17-2)52-32(53)23-46-37(56)29(9)48-39(58)31(22-26(5)6)49-38(57)30(50-42(61)63-44(13,14)15)18-19-34(55)62-43(10,11)12/h25-31,35-36H,16-24H2,1-15H3,(H,45,59)(H,46,56)(H,47,60)(H,48,58)(H,49,57)(H,50,61)(H,51,54)(H,52,53)/t27-,28-,29-,30-,31-,35-,36-/m0/s1. The molecule has 0 bridgehead atoms. The molecule has 362 valence electrons. The van der Waals surface area contributed by atoms with Crippen molar-refractivity contribution in [2.24, 2.45) is 23.7 Å². The number of rotatable bonds is 26. The largest absolute Gasteiger partial charge is 0.460 e. The summed E-state index contributed by atoms with van der Waals surface area (Å²) in [5.41, 5.74) is -1.66. The molecule has 0 aliphatic rings. The third kappa shape index (κ3) is 25.7. The Morgan fingerprint density at radius 3 is 1.40 bits per heavy atom. The predicted molar refractivity (Wildman–Crippen MR) is 238 cm³/mol. The summed E-state index contributed by atoms with van der Waals surface area (Å²) in [7, 11) is 0. The number of alkyl carbamates (subject to hydrolysis) is 1. The summed E-state index contributed by atoms with van der Waals surface area (Å²) >= 11 is 0. The first-order valence-electron chi connectivity index (χ1n) is 22.2. The van der Waals surface area contributed by atoms with Gasteiger partial charge in [-0.15, -0.1) is 0 Å². The van der Waals surface area contributed by atoms with Gasteiger partial charge in [0.1, 0.15) is 41.4 Å². The van der Waals surface area contributed by atoms with Crippen molar-refractivity contribution in [1.82, 2.24) is 42.5 Å². The van der Waals surface area contributed by atoms with Crippen molar-refractivity contribution in [3.8, 4) is 0 Å². The van der Waals surface area contributed by atoms with Gasteiger partial charge in [-0.05, 0) is 91.4 Å². The molecule has 0 rings (SSSR count). The van der Waals surface area contributed by atoms with E-state index in [1.165, 1.54) is 6.92 Å². The number of nitrogens with one attached hydrogen (secondary N) is 8. The highest BCUT2D eigenvalue weighted by Crippen LogP contribution is 2.14. The van der Waals surface area contributed by atoms with Crippen LogP contribution in [0.25, 0.3) is 0 Å². The Morgan fingerprint density at radius 2 is 0.952 bits per heavy atom. The van der Waals surface area contributed by atoms with Crippen LogP contribution in [-0.4, -0.2) is 114 Å². The van der Waals surface area contributed by atoms with Crippen molar-refractivity contribution in [1.29, 1.82) is 0 Å². The molecule has 0 saturated heterocycles. The second kappa shape index (κ2) is 28.0. The molecule has 0 saturated carbocycles. The molecule has 8 amide bonds. The lowest BCUT2D eigenvalue weighted by Gasteiger charge is -2.27. The highest BCUT2D eigenvalue weighted by Gasteiger charge is 2.32. The quantitative estimate of drug-likeness (QED) is 0.0585. The molecule has 0 aromatic rings. The zero-order chi connectivity index (χ0) is 48.8. The number of amides is 8. The van der Waals surface area contributed by atoms with Gasteiger partial charge in [-0.2, -0.15) is 0 Å². The minimum atomic E-state index is -1.29. The summed E-state index contributed by atoms with van der Waals surface area (Å²) in [4.78, 5) is 117. The van der Waals surface area contributed by atoms with E-state index in [9.17, 15) is 43.2 Å². The van der Waals surface area contributed by atoms with Crippen molar-refractivity contribution in [2.45, 2.75) is 184 Å². The van der Waals surface area contributed by atoms with E-state index in [1.54, 1.807) is 48.5 Å². The lowest BCUT2D eigenvalue weighted by molar-refractivity contribution is -0.155. The number of hydrogen-bond acceptors (Lipinski definition) is 11. The lowest BCUT2D eigenvalue weighted by atomic mass is 9.97. The zero-order valence-corrected chi connectivity index (χ0v) is 40.6. The first kappa shape index (κ1) is 58.0. The summed E-state index contributed by atoms with van der Waals surface area (Å²) < 4.78 is 10.7. The van der Waals surface area contributed by atoms with E-state index < -0.39 is 102 Å². The predicted octanol–water partition coefficient (Wildman–Crippen LogP) is 2.49. The van der Waals surface area contributed by atoms with Crippen molar-refractivity contribution < 1.29 is 52.6 Å². The third-order valence-electron chi connectivity index (χ3n) is 9.65. The highest BCUT2D eigenvalue weighted by atomic mass is 16.6. The average molecular weight is 897 g/mol. The summed E-state index contributed by atoms with van der Waals surface area (Å²) in [5, 5.41) is 20.8. The number of carbonyl (C=O) groups excluding carboxylic acids is 9. The Labute approximate surface area is 375 Å². The Balaban J connectivity index is 5.62. The Hall–Kier alpha value is -4.97. The summed E-state index contributed by atoms with van der Waals surface area (Å²) in [6.45, 7) is 25.9. The van der Waals surface area contributed by atoms with E-state index in [0.29, 0.717) is 25.3 Å². The first-order valence-corrected chi connectivity index (χ1v) is 22.2. The van der Waals surface area contributed by atoms with Gasteiger partial charge in [-0.1, -0.05) is 68.2 Å². The molecule has 8 N–H and O–H groups in total. The summed E-state index contributed by atoms with van der Waals surface area (Å²) in [6.07, 6.45) is 0.752. The third-order valence-corrected chi connectivity index (χ3v) is 9.65. The number of esters is 1. The number of ether oxygens (including phenoxy) is 2. The minimum absolute atomic E-state index is 0.106. The average Bonchev–Trinajstić information content (AvgIpc) is 3.15. The van der Waals surface area contributed by atoms with Crippen molar-refractivity contribution in [3.05, 3.63) is 0 Å². The fourth-order valence-electron chi connectivity index (χ4n) is 5.77. The molecule has 0 aromatic heterocycles. The van der Waals surface area contributed by atoms with Crippen molar-refractivity contribution in [3.63, 3.8) is 0 Å². The molecule has 0 aliphatic carbocycles. The van der Waals surface area contributed by atoms with Gasteiger partial charge in [-0.25, -0.2) is 4.79 Å². The van der Waals surface area contributed by atoms with Crippen LogP contribution in [0.1, 0.15) is 142 Å². The van der Waals surface area contributed by atoms with Crippen LogP contribution in [0, 0.1) is 23.7 Å². The molecule has 0 unspecified atom stereocenters. The van der Waals surface area contributed by atoms with Crippen molar-refractivity contribution >= 4 is 53.4 Å². The second-order valence-corrected chi connectivity index (χ2v) is 19.0.